The molecule has 2 aliphatic rings. The molecule has 0 aromatic carbocycles. The van der Waals surface area contributed by atoms with Gasteiger partial charge in [0.2, 0.25) is 0 Å². The molecule has 2 aromatic heterocycles. The van der Waals surface area contributed by atoms with E-state index in [4.69, 9.17) is 4.98 Å². The molecule has 0 radical (unpaired) electrons. The van der Waals surface area contributed by atoms with Crippen LogP contribution in [0, 0.1) is 0 Å². The number of piperidine rings is 1. The molecule has 3 atom stereocenters. The lowest BCUT2D eigenvalue weighted by molar-refractivity contribution is 0.129. The second-order valence-electron chi connectivity index (χ2n) is 6.94. The maximum absolute atomic E-state index is 4.72. The number of thiophene rings is 1. The molecule has 4 rings (SSSR count). The fourth-order valence-electron chi connectivity index (χ4n) is 4.43. The van der Waals surface area contributed by atoms with Crippen molar-refractivity contribution in [1.29, 1.82) is 0 Å². The third-order valence-corrected chi connectivity index (χ3v) is 6.41. The Morgan fingerprint density at radius 2 is 1.95 bits per heavy atom. The van der Waals surface area contributed by atoms with Crippen molar-refractivity contribution in [2.24, 2.45) is 0 Å². The lowest BCUT2D eigenvalue weighted by atomic mass is 10.0. The van der Waals surface area contributed by atoms with Crippen molar-refractivity contribution >= 4 is 27.2 Å². The van der Waals surface area contributed by atoms with Gasteiger partial charge in [0.15, 0.2) is 0 Å². The summed E-state index contributed by atoms with van der Waals surface area (Å²) >= 11 is 1.82. The van der Waals surface area contributed by atoms with Gasteiger partial charge in [-0.3, -0.25) is 4.90 Å². The Morgan fingerprint density at radius 3 is 2.77 bits per heavy atom. The Hall–Kier alpha value is -1.13. The second-order valence-corrected chi connectivity index (χ2v) is 7.85. The Kier molecular flexibility index (Phi) is 3.82. The van der Waals surface area contributed by atoms with Gasteiger partial charge in [0, 0.05) is 37.4 Å². The zero-order valence-corrected chi connectivity index (χ0v) is 14.4. The Balaban J connectivity index is 1.60. The lowest BCUT2D eigenvalue weighted by Crippen LogP contribution is -2.51. The first-order valence-electron chi connectivity index (χ1n) is 8.58. The Labute approximate surface area is 136 Å². The summed E-state index contributed by atoms with van der Waals surface area (Å²) in [5.74, 6) is 1.21. The van der Waals surface area contributed by atoms with Crippen molar-refractivity contribution in [3.8, 4) is 0 Å². The predicted octanol–water partition coefficient (Wildman–Crippen LogP) is 4.14. The molecule has 0 aliphatic carbocycles. The summed E-state index contributed by atoms with van der Waals surface area (Å²) < 4.78 is 1.35. The van der Waals surface area contributed by atoms with Crippen molar-refractivity contribution in [3.05, 3.63) is 23.7 Å². The van der Waals surface area contributed by atoms with Crippen LogP contribution in [-0.2, 0) is 0 Å². The maximum Gasteiger partial charge on any atom is 0.146 e. The molecule has 0 unspecified atom stereocenters. The van der Waals surface area contributed by atoms with Crippen molar-refractivity contribution in [3.63, 3.8) is 0 Å². The molecule has 22 heavy (non-hydrogen) atoms. The number of fused-ring (bicyclic) bond motifs is 1. The molecule has 2 aliphatic heterocycles. The first-order chi connectivity index (χ1) is 10.7. The summed E-state index contributed by atoms with van der Waals surface area (Å²) in [6.07, 6.45) is 7.30. The molecule has 2 fully saturated rings. The van der Waals surface area contributed by atoms with Gasteiger partial charge in [-0.1, -0.05) is 0 Å². The zero-order chi connectivity index (χ0) is 15.1. The van der Waals surface area contributed by atoms with Gasteiger partial charge in [-0.05, 0) is 62.4 Å². The van der Waals surface area contributed by atoms with Crippen LogP contribution in [0.25, 0.3) is 10.1 Å². The van der Waals surface area contributed by atoms with Crippen LogP contribution >= 0.6 is 11.3 Å². The van der Waals surface area contributed by atoms with E-state index in [1.165, 1.54) is 41.6 Å². The fourth-order valence-corrected chi connectivity index (χ4v) is 5.34. The van der Waals surface area contributed by atoms with Crippen molar-refractivity contribution in [1.82, 2.24) is 9.88 Å². The van der Waals surface area contributed by atoms with E-state index in [0.717, 1.165) is 25.2 Å². The Morgan fingerprint density at radius 1 is 1.14 bits per heavy atom. The molecule has 0 bridgehead atoms. The van der Waals surface area contributed by atoms with Gasteiger partial charge in [-0.2, -0.15) is 0 Å². The van der Waals surface area contributed by atoms with Gasteiger partial charge in [0.25, 0.3) is 0 Å². The predicted molar refractivity (Wildman–Crippen MR) is 94.9 cm³/mol. The molecule has 0 N–H and O–H groups in total. The average molecular weight is 315 g/mol. The first kappa shape index (κ1) is 14.5. The minimum Gasteiger partial charge on any atom is -0.354 e. The van der Waals surface area contributed by atoms with Crippen LogP contribution in [0.5, 0.6) is 0 Å². The molecule has 0 amide bonds. The van der Waals surface area contributed by atoms with Crippen LogP contribution in [0.1, 0.15) is 39.5 Å². The van der Waals surface area contributed by atoms with Crippen LogP contribution in [0.2, 0.25) is 0 Å². The van der Waals surface area contributed by atoms with Crippen molar-refractivity contribution in [2.45, 2.75) is 57.7 Å². The van der Waals surface area contributed by atoms with Crippen molar-refractivity contribution < 1.29 is 0 Å². The number of aromatic nitrogens is 1. The topological polar surface area (TPSA) is 19.4 Å². The minimum atomic E-state index is 0.693. The Bertz CT molecular complexity index is 643. The van der Waals surface area contributed by atoms with E-state index in [0.29, 0.717) is 6.04 Å². The van der Waals surface area contributed by atoms with Crippen molar-refractivity contribution in [2.75, 3.05) is 18.0 Å². The van der Waals surface area contributed by atoms with E-state index in [1.807, 2.05) is 17.5 Å². The van der Waals surface area contributed by atoms with E-state index in [-0.39, 0.29) is 0 Å². The number of nitrogens with zero attached hydrogens (tertiary/aromatic N) is 3. The maximum atomic E-state index is 4.72. The minimum absolute atomic E-state index is 0.693. The van der Waals surface area contributed by atoms with Crippen LogP contribution < -0.4 is 4.90 Å². The third-order valence-electron chi connectivity index (χ3n) is 5.49. The summed E-state index contributed by atoms with van der Waals surface area (Å²) in [6, 6.07) is 6.51. The smallest absolute Gasteiger partial charge is 0.146 e. The van der Waals surface area contributed by atoms with Crippen LogP contribution in [0.4, 0.5) is 5.82 Å². The SMILES string of the molecule is C[C@@H]1CC[C@@H](C)N1[C@H]1CCCN(c2nccc3ccsc23)C1. The first-order valence-corrected chi connectivity index (χ1v) is 9.46. The summed E-state index contributed by atoms with van der Waals surface area (Å²) in [5.41, 5.74) is 0. The summed E-state index contributed by atoms with van der Waals surface area (Å²) in [4.78, 5) is 10.0. The molecule has 118 valence electrons. The highest BCUT2D eigenvalue weighted by molar-refractivity contribution is 7.17. The molecule has 0 saturated carbocycles. The molecule has 3 nitrogen and oxygen atoms in total. The lowest BCUT2D eigenvalue weighted by Gasteiger charge is -2.42. The van der Waals surface area contributed by atoms with E-state index in [9.17, 15) is 0 Å². The van der Waals surface area contributed by atoms with Crippen LogP contribution in [0.15, 0.2) is 23.7 Å². The molecular formula is C18H25N3S. The van der Waals surface area contributed by atoms with Gasteiger partial charge in [-0.15, -0.1) is 11.3 Å². The van der Waals surface area contributed by atoms with Gasteiger partial charge in [-0.25, -0.2) is 4.98 Å². The number of hydrogen-bond donors (Lipinski definition) is 0. The number of rotatable bonds is 2. The van der Waals surface area contributed by atoms with Crippen LogP contribution in [-0.4, -0.2) is 41.1 Å². The zero-order valence-electron chi connectivity index (χ0n) is 13.5. The highest BCUT2D eigenvalue weighted by Gasteiger charge is 2.35. The van der Waals surface area contributed by atoms with E-state index < -0.39 is 0 Å². The number of anilines is 1. The van der Waals surface area contributed by atoms with E-state index in [2.05, 4.69) is 41.2 Å². The molecule has 2 saturated heterocycles. The molecule has 0 spiro atoms. The van der Waals surface area contributed by atoms with Gasteiger partial charge < -0.3 is 4.90 Å². The molecule has 4 heterocycles. The second kappa shape index (κ2) is 5.82. The van der Waals surface area contributed by atoms with E-state index >= 15 is 0 Å². The highest BCUT2D eigenvalue weighted by atomic mass is 32.1. The monoisotopic (exact) mass is 315 g/mol. The van der Waals surface area contributed by atoms with Gasteiger partial charge in [0.05, 0.1) is 4.70 Å². The molecular weight excluding hydrogens is 290 g/mol. The number of likely N-dealkylation sites (tertiary alicyclic amines) is 1. The number of pyridine rings is 1. The largest absolute Gasteiger partial charge is 0.354 e. The van der Waals surface area contributed by atoms with E-state index in [1.54, 1.807) is 0 Å². The summed E-state index contributed by atoms with van der Waals surface area (Å²) in [5, 5.41) is 3.52. The highest BCUT2D eigenvalue weighted by Crippen LogP contribution is 2.34. The molecule has 2 aromatic rings. The third kappa shape index (κ3) is 2.42. The average Bonchev–Trinajstić information content (AvgIpc) is 3.13. The summed E-state index contributed by atoms with van der Waals surface area (Å²) in [7, 11) is 0. The van der Waals surface area contributed by atoms with Gasteiger partial charge >= 0.3 is 0 Å². The normalized spacial score (nSPS) is 30.3. The fraction of sp³-hybridized carbons (Fsp3) is 0.611. The summed E-state index contributed by atoms with van der Waals surface area (Å²) in [6.45, 7) is 7.09. The number of hydrogen-bond acceptors (Lipinski definition) is 4. The van der Waals surface area contributed by atoms with Crippen LogP contribution in [0.3, 0.4) is 0 Å². The standard InChI is InChI=1S/C18H25N3S/c1-13-5-6-14(2)21(13)16-4-3-10-20(12-16)18-17-15(7-9-19-18)8-11-22-17/h7-9,11,13-14,16H,3-6,10,12H2,1-2H3/t13-,14-,16+/m1/s1. The molecule has 4 heteroatoms. The quantitative estimate of drug-likeness (QED) is 0.830. The van der Waals surface area contributed by atoms with Gasteiger partial charge in [0.1, 0.15) is 5.82 Å².